The molecule has 0 saturated carbocycles. The molecule has 1 atom stereocenters. The third kappa shape index (κ3) is 7.65. The van der Waals surface area contributed by atoms with Crippen molar-refractivity contribution in [3.8, 4) is 5.75 Å². The first-order valence-corrected chi connectivity index (χ1v) is 11.4. The van der Waals surface area contributed by atoms with Crippen LogP contribution in [0, 0.1) is 6.92 Å². The Morgan fingerprint density at radius 3 is 2.64 bits per heavy atom. The molecule has 4 heteroatoms. The Morgan fingerprint density at radius 2 is 1.97 bits per heavy atom. The largest absolute Gasteiger partial charge is 0.386 e. The van der Waals surface area contributed by atoms with E-state index in [2.05, 4.69) is 79.3 Å². The van der Waals surface area contributed by atoms with Gasteiger partial charge in [0.25, 0.3) is 0 Å². The zero-order chi connectivity index (χ0) is 24.1. The molecule has 2 aromatic carbocycles. The molecule has 0 spiro atoms. The van der Waals surface area contributed by atoms with Gasteiger partial charge < -0.3 is 9.61 Å². The van der Waals surface area contributed by atoms with Crippen LogP contribution in [0.15, 0.2) is 108 Å². The zero-order valence-corrected chi connectivity index (χ0v) is 20.6. The van der Waals surface area contributed by atoms with E-state index in [1.165, 1.54) is 11.1 Å². The van der Waals surface area contributed by atoms with Gasteiger partial charge in [-0.3, -0.25) is 4.99 Å². The number of aliphatic imine (C=N–C) groups is 1. The van der Waals surface area contributed by atoms with Gasteiger partial charge in [-0.1, -0.05) is 68.1 Å². The van der Waals surface area contributed by atoms with Crippen LogP contribution in [0.4, 0.5) is 5.69 Å². The quantitative estimate of drug-likeness (QED) is 0.269. The predicted molar refractivity (Wildman–Crippen MR) is 145 cm³/mol. The minimum Gasteiger partial charge on any atom is -0.386 e. The second kappa shape index (κ2) is 14.0. The minimum absolute atomic E-state index is 0.195. The molecule has 1 N–H and O–H groups in total. The van der Waals surface area contributed by atoms with Crippen molar-refractivity contribution in [3.63, 3.8) is 0 Å². The summed E-state index contributed by atoms with van der Waals surface area (Å²) in [7, 11) is 0. The van der Waals surface area contributed by atoms with Crippen molar-refractivity contribution in [2.24, 2.45) is 4.99 Å². The fourth-order valence-electron chi connectivity index (χ4n) is 3.51. The van der Waals surface area contributed by atoms with Crippen LogP contribution in [0.3, 0.4) is 0 Å². The molecule has 0 aliphatic rings. The summed E-state index contributed by atoms with van der Waals surface area (Å²) >= 11 is 5.60. The van der Waals surface area contributed by atoms with Crippen molar-refractivity contribution < 1.29 is 4.29 Å². The summed E-state index contributed by atoms with van der Waals surface area (Å²) in [5.74, 6) is 0.572. The van der Waals surface area contributed by atoms with E-state index in [0.29, 0.717) is 5.75 Å². The maximum atomic E-state index is 5.60. The van der Waals surface area contributed by atoms with Gasteiger partial charge in [-0.05, 0) is 73.2 Å². The van der Waals surface area contributed by atoms with Crippen LogP contribution in [0.25, 0.3) is 5.57 Å². The van der Waals surface area contributed by atoms with Gasteiger partial charge in [-0.15, -0.1) is 0 Å². The van der Waals surface area contributed by atoms with Crippen molar-refractivity contribution >= 4 is 29.3 Å². The summed E-state index contributed by atoms with van der Waals surface area (Å²) < 4.78 is 4.91. The summed E-state index contributed by atoms with van der Waals surface area (Å²) in [6.07, 6.45) is 14.9. The van der Waals surface area contributed by atoms with Crippen LogP contribution in [0.2, 0.25) is 0 Å². The second-order valence-corrected chi connectivity index (χ2v) is 7.61. The van der Waals surface area contributed by atoms with Gasteiger partial charge in [-0.2, -0.15) is 0 Å². The minimum atomic E-state index is -0.195. The lowest BCUT2D eigenvalue weighted by atomic mass is 9.87. The number of hydrogen-bond acceptors (Lipinski definition) is 3. The fraction of sp³-hybridized carbons (Fsp3) is 0.207. The second-order valence-electron chi connectivity index (χ2n) is 7.45. The van der Waals surface area contributed by atoms with E-state index in [0.717, 1.165) is 28.8 Å². The van der Waals surface area contributed by atoms with E-state index in [1.54, 1.807) is 12.4 Å². The monoisotopic (exact) mass is 460 g/mol. The highest BCUT2D eigenvalue weighted by Crippen LogP contribution is 2.32. The summed E-state index contributed by atoms with van der Waals surface area (Å²) in [5.41, 5.74) is 6.37. The lowest BCUT2D eigenvalue weighted by Gasteiger charge is -2.26. The molecule has 2 rings (SSSR count). The number of aryl methyl sites for hydroxylation is 1. The lowest BCUT2D eigenvalue weighted by Crippen LogP contribution is -2.24. The van der Waals surface area contributed by atoms with E-state index >= 15 is 0 Å². The molecule has 1 unspecified atom stereocenters. The van der Waals surface area contributed by atoms with Crippen LogP contribution in [-0.2, 0) is 0 Å². The molecule has 0 heterocycles. The van der Waals surface area contributed by atoms with Crippen molar-refractivity contribution in [1.82, 2.24) is 0 Å². The number of benzene rings is 2. The maximum Gasteiger partial charge on any atom is 0.148 e. The van der Waals surface area contributed by atoms with Gasteiger partial charge in [0.2, 0.25) is 0 Å². The summed E-state index contributed by atoms with van der Waals surface area (Å²) in [6, 6.07) is 15.7. The Bertz CT molecular complexity index is 1080. The molecule has 0 saturated heterocycles. The SMILES string of the molecule is C=C(/C(=C/C)c1ccccc1C)C(Nc1cccc(OCl)c1)C(/C=C\CC)=C\C=C/N=CC. The van der Waals surface area contributed by atoms with Crippen molar-refractivity contribution in [2.45, 2.75) is 40.2 Å². The van der Waals surface area contributed by atoms with Gasteiger partial charge in [-0.25, -0.2) is 0 Å². The van der Waals surface area contributed by atoms with E-state index in [9.17, 15) is 0 Å². The predicted octanol–water partition coefficient (Wildman–Crippen LogP) is 8.46. The molecule has 33 heavy (non-hydrogen) atoms. The standard InChI is InChI=1S/C29H33ClN2O/c1-6-9-15-24(16-13-20-31-8-3)29(32-25-17-12-18-26(21-25)33-30)23(5)27(7-2)28-19-11-10-14-22(28)4/h7-21,29,32H,5-6H2,1-4H3/b15-9-,20-13-,24-16-,27-7-,31-8?. The first-order valence-electron chi connectivity index (χ1n) is 11.1. The van der Waals surface area contributed by atoms with E-state index < -0.39 is 0 Å². The first-order chi connectivity index (χ1) is 16.0. The molecular weight excluding hydrogens is 428 g/mol. The van der Waals surface area contributed by atoms with Crippen LogP contribution in [-0.4, -0.2) is 12.3 Å². The number of allylic oxidation sites excluding steroid dienone is 4. The third-order valence-electron chi connectivity index (χ3n) is 5.14. The van der Waals surface area contributed by atoms with Crippen molar-refractivity contribution in [1.29, 1.82) is 0 Å². The topological polar surface area (TPSA) is 33.6 Å². The zero-order valence-electron chi connectivity index (χ0n) is 19.9. The Balaban J connectivity index is 2.59. The number of hydrogen-bond donors (Lipinski definition) is 1. The van der Waals surface area contributed by atoms with Crippen molar-refractivity contribution in [2.75, 3.05) is 5.32 Å². The van der Waals surface area contributed by atoms with Crippen LogP contribution in [0.5, 0.6) is 5.75 Å². The van der Waals surface area contributed by atoms with Crippen LogP contribution < -0.4 is 9.61 Å². The number of nitrogens with one attached hydrogen (secondary N) is 1. The molecule has 3 nitrogen and oxygen atoms in total. The molecule has 2 aromatic rings. The Kier molecular flexibility index (Phi) is 11.0. The Labute approximate surface area is 203 Å². The molecule has 0 amide bonds. The number of nitrogens with zero attached hydrogens (tertiary/aromatic N) is 1. The maximum absolute atomic E-state index is 5.60. The molecule has 0 fully saturated rings. The third-order valence-corrected chi connectivity index (χ3v) is 5.32. The Morgan fingerprint density at radius 1 is 1.18 bits per heavy atom. The highest BCUT2D eigenvalue weighted by Gasteiger charge is 2.21. The molecule has 0 aromatic heterocycles. The summed E-state index contributed by atoms with van der Waals surface area (Å²) in [5, 5.41) is 3.64. The average Bonchev–Trinajstić information content (AvgIpc) is 2.84. The molecule has 0 aliphatic heterocycles. The smallest absolute Gasteiger partial charge is 0.148 e. The molecule has 0 radical (unpaired) electrons. The highest BCUT2D eigenvalue weighted by molar-refractivity contribution is 6.09. The summed E-state index contributed by atoms with van der Waals surface area (Å²) in [4.78, 5) is 4.19. The molecule has 0 aliphatic carbocycles. The van der Waals surface area contributed by atoms with Gasteiger partial charge in [0.05, 0.1) is 6.04 Å². The molecular formula is C29H33ClN2O. The van der Waals surface area contributed by atoms with Crippen molar-refractivity contribution in [3.05, 3.63) is 114 Å². The highest BCUT2D eigenvalue weighted by atomic mass is 35.5. The lowest BCUT2D eigenvalue weighted by molar-refractivity contribution is 0.619. The van der Waals surface area contributed by atoms with Gasteiger partial charge in [0.1, 0.15) is 17.6 Å². The van der Waals surface area contributed by atoms with E-state index in [1.807, 2.05) is 44.2 Å². The van der Waals surface area contributed by atoms with Gasteiger partial charge >= 0.3 is 0 Å². The van der Waals surface area contributed by atoms with E-state index in [-0.39, 0.29) is 6.04 Å². The normalized spacial score (nSPS) is 13.7. The first kappa shape index (κ1) is 26.0. The molecule has 172 valence electrons. The average molecular weight is 461 g/mol. The number of rotatable bonds is 11. The van der Waals surface area contributed by atoms with Crippen LogP contribution in [0.1, 0.15) is 38.3 Å². The molecule has 0 bridgehead atoms. The van der Waals surface area contributed by atoms with Gasteiger partial charge in [0, 0.05) is 24.2 Å². The number of anilines is 1. The van der Waals surface area contributed by atoms with E-state index in [4.69, 9.17) is 16.2 Å². The fourth-order valence-corrected chi connectivity index (χ4v) is 3.60. The van der Waals surface area contributed by atoms with Crippen LogP contribution >= 0.6 is 11.9 Å². The van der Waals surface area contributed by atoms with Gasteiger partial charge in [0.15, 0.2) is 0 Å². The Hall–Kier alpha value is -3.30. The number of halogens is 1. The summed E-state index contributed by atoms with van der Waals surface area (Å²) in [6.45, 7) is 12.7.